The highest BCUT2D eigenvalue weighted by Gasteiger charge is 1.86. The van der Waals surface area contributed by atoms with Gasteiger partial charge in [0.15, 0.2) is 0 Å². The molecule has 0 heterocycles. The predicted molar refractivity (Wildman–Crippen MR) is 52.3 cm³/mol. The average Bonchev–Trinajstić information content (AvgIpc) is 2.08. The SMILES string of the molecule is CC.CNc1cccc(Cl)c1. The first-order chi connectivity index (χ1) is 5.33. The molecule has 1 aromatic rings. The number of rotatable bonds is 1. The van der Waals surface area contributed by atoms with Gasteiger partial charge in [0.2, 0.25) is 0 Å². The van der Waals surface area contributed by atoms with Crippen LogP contribution in [0.5, 0.6) is 0 Å². The minimum absolute atomic E-state index is 0.766. The summed E-state index contributed by atoms with van der Waals surface area (Å²) >= 11 is 5.68. The highest BCUT2D eigenvalue weighted by molar-refractivity contribution is 6.30. The Morgan fingerprint density at radius 1 is 1.27 bits per heavy atom. The fourth-order valence-electron chi connectivity index (χ4n) is 0.644. The topological polar surface area (TPSA) is 12.0 Å². The van der Waals surface area contributed by atoms with E-state index in [1.807, 2.05) is 45.2 Å². The molecule has 0 aromatic heterocycles. The van der Waals surface area contributed by atoms with Crippen LogP contribution in [0, 0.1) is 0 Å². The van der Waals surface area contributed by atoms with Crippen molar-refractivity contribution in [2.75, 3.05) is 12.4 Å². The molecule has 0 saturated carbocycles. The summed E-state index contributed by atoms with van der Waals surface area (Å²) in [6.07, 6.45) is 0. The van der Waals surface area contributed by atoms with Crippen molar-refractivity contribution in [2.45, 2.75) is 13.8 Å². The Kier molecular flexibility index (Phi) is 5.67. The van der Waals surface area contributed by atoms with E-state index in [0.29, 0.717) is 0 Å². The van der Waals surface area contributed by atoms with Crippen LogP contribution in [0.3, 0.4) is 0 Å². The molecule has 0 bridgehead atoms. The van der Waals surface area contributed by atoms with Gasteiger partial charge in [-0.25, -0.2) is 0 Å². The molecular weight excluding hydrogens is 158 g/mol. The largest absolute Gasteiger partial charge is 0.388 e. The molecule has 2 heteroatoms. The van der Waals surface area contributed by atoms with Crippen molar-refractivity contribution in [3.63, 3.8) is 0 Å². The summed E-state index contributed by atoms with van der Waals surface area (Å²) in [5.74, 6) is 0. The number of anilines is 1. The maximum Gasteiger partial charge on any atom is 0.0426 e. The number of benzene rings is 1. The normalized spacial score (nSPS) is 8.00. The molecule has 62 valence electrons. The molecule has 0 spiro atoms. The van der Waals surface area contributed by atoms with Gasteiger partial charge in [0.1, 0.15) is 0 Å². The zero-order valence-corrected chi connectivity index (χ0v) is 7.94. The van der Waals surface area contributed by atoms with Crippen LogP contribution < -0.4 is 5.32 Å². The summed E-state index contributed by atoms with van der Waals surface area (Å²) in [5, 5.41) is 3.75. The zero-order valence-electron chi connectivity index (χ0n) is 7.19. The van der Waals surface area contributed by atoms with Crippen LogP contribution in [0.15, 0.2) is 24.3 Å². The Morgan fingerprint density at radius 3 is 2.27 bits per heavy atom. The van der Waals surface area contributed by atoms with Crippen LogP contribution in [0.2, 0.25) is 5.02 Å². The molecule has 1 aromatic carbocycles. The van der Waals surface area contributed by atoms with Gasteiger partial charge in [0.25, 0.3) is 0 Å². The highest BCUT2D eigenvalue weighted by atomic mass is 35.5. The third kappa shape index (κ3) is 3.89. The zero-order chi connectivity index (χ0) is 8.69. The van der Waals surface area contributed by atoms with Gasteiger partial charge in [-0.3, -0.25) is 0 Å². The summed E-state index contributed by atoms with van der Waals surface area (Å²) < 4.78 is 0. The van der Waals surface area contributed by atoms with Crippen molar-refractivity contribution in [2.24, 2.45) is 0 Å². The van der Waals surface area contributed by atoms with E-state index in [-0.39, 0.29) is 0 Å². The first kappa shape index (κ1) is 10.3. The van der Waals surface area contributed by atoms with Gasteiger partial charge in [-0.15, -0.1) is 0 Å². The van der Waals surface area contributed by atoms with Crippen LogP contribution in [0.1, 0.15) is 13.8 Å². The summed E-state index contributed by atoms with van der Waals surface area (Å²) in [6.45, 7) is 4.00. The van der Waals surface area contributed by atoms with Crippen LogP contribution in [0.25, 0.3) is 0 Å². The molecule has 11 heavy (non-hydrogen) atoms. The second-order valence-corrected chi connectivity index (χ2v) is 2.20. The lowest BCUT2D eigenvalue weighted by molar-refractivity contribution is 1.50. The van der Waals surface area contributed by atoms with Crippen molar-refractivity contribution in [1.29, 1.82) is 0 Å². The fourth-order valence-corrected chi connectivity index (χ4v) is 0.834. The molecule has 1 rings (SSSR count). The van der Waals surface area contributed by atoms with E-state index in [0.717, 1.165) is 10.7 Å². The number of halogens is 1. The molecule has 1 N–H and O–H groups in total. The molecule has 0 saturated heterocycles. The lowest BCUT2D eigenvalue weighted by Gasteiger charge is -1.97. The Bertz CT molecular complexity index is 199. The van der Waals surface area contributed by atoms with E-state index in [1.54, 1.807) is 0 Å². The highest BCUT2D eigenvalue weighted by Crippen LogP contribution is 2.13. The molecule has 0 atom stereocenters. The number of hydrogen-bond acceptors (Lipinski definition) is 1. The molecule has 0 amide bonds. The molecule has 0 aliphatic rings. The van der Waals surface area contributed by atoms with Gasteiger partial charge in [-0.2, -0.15) is 0 Å². The van der Waals surface area contributed by atoms with Crippen molar-refractivity contribution in [3.05, 3.63) is 29.3 Å². The number of nitrogens with one attached hydrogen (secondary N) is 1. The molecule has 1 nitrogen and oxygen atoms in total. The third-order valence-corrected chi connectivity index (χ3v) is 1.35. The van der Waals surface area contributed by atoms with E-state index >= 15 is 0 Å². The Labute approximate surface area is 73.4 Å². The minimum Gasteiger partial charge on any atom is -0.388 e. The molecule has 0 radical (unpaired) electrons. The van der Waals surface area contributed by atoms with Crippen LogP contribution in [-0.2, 0) is 0 Å². The molecule has 0 unspecified atom stereocenters. The standard InChI is InChI=1S/C7H8ClN.C2H6/c1-9-7-4-2-3-6(8)5-7;1-2/h2-5,9H,1H3;1-2H3. The van der Waals surface area contributed by atoms with Gasteiger partial charge in [-0.1, -0.05) is 31.5 Å². The van der Waals surface area contributed by atoms with E-state index in [4.69, 9.17) is 11.6 Å². The Morgan fingerprint density at radius 2 is 1.91 bits per heavy atom. The van der Waals surface area contributed by atoms with Gasteiger partial charge >= 0.3 is 0 Å². The van der Waals surface area contributed by atoms with E-state index in [1.165, 1.54) is 0 Å². The van der Waals surface area contributed by atoms with Gasteiger partial charge in [-0.05, 0) is 18.2 Å². The van der Waals surface area contributed by atoms with Crippen molar-refractivity contribution >= 4 is 17.3 Å². The summed E-state index contributed by atoms with van der Waals surface area (Å²) in [6, 6.07) is 7.60. The van der Waals surface area contributed by atoms with Crippen LogP contribution >= 0.6 is 11.6 Å². The van der Waals surface area contributed by atoms with Gasteiger partial charge in [0, 0.05) is 17.8 Å². The predicted octanol–water partition coefficient (Wildman–Crippen LogP) is 3.41. The molecule has 0 aliphatic carbocycles. The molecular formula is C9H14ClN. The lowest BCUT2D eigenvalue weighted by atomic mass is 10.3. The Hall–Kier alpha value is -0.690. The lowest BCUT2D eigenvalue weighted by Crippen LogP contribution is -1.85. The molecule has 0 aliphatic heterocycles. The van der Waals surface area contributed by atoms with Crippen LogP contribution in [0.4, 0.5) is 5.69 Å². The maximum absolute atomic E-state index is 5.68. The van der Waals surface area contributed by atoms with Gasteiger partial charge in [0.05, 0.1) is 0 Å². The van der Waals surface area contributed by atoms with E-state index in [2.05, 4.69) is 5.32 Å². The van der Waals surface area contributed by atoms with Gasteiger partial charge < -0.3 is 5.32 Å². The maximum atomic E-state index is 5.68. The average molecular weight is 172 g/mol. The monoisotopic (exact) mass is 171 g/mol. The van der Waals surface area contributed by atoms with E-state index < -0.39 is 0 Å². The van der Waals surface area contributed by atoms with Crippen molar-refractivity contribution in [3.8, 4) is 0 Å². The summed E-state index contributed by atoms with van der Waals surface area (Å²) in [7, 11) is 1.87. The quantitative estimate of drug-likeness (QED) is 0.683. The fraction of sp³-hybridized carbons (Fsp3) is 0.333. The summed E-state index contributed by atoms with van der Waals surface area (Å²) in [5.41, 5.74) is 1.04. The molecule has 0 fully saturated rings. The van der Waals surface area contributed by atoms with Crippen LogP contribution in [-0.4, -0.2) is 7.05 Å². The van der Waals surface area contributed by atoms with Crippen molar-refractivity contribution in [1.82, 2.24) is 0 Å². The second kappa shape index (κ2) is 6.05. The smallest absolute Gasteiger partial charge is 0.0426 e. The Balaban J connectivity index is 0.000000461. The second-order valence-electron chi connectivity index (χ2n) is 1.76. The van der Waals surface area contributed by atoms with Crippen molar-refractivity contribution < 1.29 is 0 Å². The number of hydrogen-bond donors (Lipinski definition) is 1. The third-order valence-electron chi connectivity index (χ3n) is 1.11. The minimum atomic E-state index is 0.766. The first-order valence-corrected chi connectivity index (χ1v) is 4.14. The summed E-state index contributed by atoms with van der Waals surface area (Å²) in [4.78, 5) is 0. The first-order valence-electron chi connectivity index (χ1n) is 3.76. The van der Waals surface area contributed by atoms with E-state index in [9.17, 15) is 0 Å².